The van der Waals surface area contributed by atoms with Crippen molar-refractivity contribution in [2.24, 2.45) is 0 Å². The number of carboxylic acids is 1. The fourth-order valence-electron chi connectivity index (χ4n) is 3.37. The van der Waals surface area contributed by atoms with Crippen LogP contribution in [0.3, 0.4) is 0 Å². The molecular weight excluding hydrogens is 336 g/mol. The normalized spacial score (nSPS) is 18.4. The fourth-order valence-corrected chi connectivity index (χ4v) is 3.37. The Labute approximate surface area is 151 Å². The van der Waals surface area contributed by atoms with Gasteiger partial charge in [-0.3, -0.25) is 9.69 Å². The molecule has 0 bridgehead atoms. The Morgan fingerprint density at radius 2 is 1.73 bits per heavy atom. The molecule has 0 unspecified atom stereocenters. The summed E-state index contributed by atoms with van der Waals surface area (Å²) < 4.78 is 11.1. The molecule has 1 aromatic carbocycles. The van der Waals surface area contributed by atoms with Crippen LogP contribution in [0.5, 0.6) is 11.5 Å². The van der Waals surface area contributed by atoms with Crippen molar-refractivity contribution in [1.29, 1.82) is 0 Å². The van der Waals surface area contributed by atoms with Gasteiger partial charge in [0, 0.05) is 38.6 Å². The number of hydrogen-bond donors (Lipinski definition) is 1. The average Bonchev–Trinajstić information content (AvgIpc) is 2.69. The highest BCUT2D eigenvalue weighted by Gasteiger charge is 2.31. The smallest absolute Gasteiger partial charge is 0.325 e. The minimum atomic E-state index is -0.869. The van der Waals surface area contributed by atoms with Crippen LogP contribution in [0.2, 0.25) is 0 Å². The molecule has 1 atom stereocenters. The zero-order valence-corrected chi connectivity index (χ0v) is 14.2. The third kappa shape index (κ3) is 3.28. The summed E-state index contributed by atoms with van der Waals surface area (Å²) in [5.41, 5.74) is 0.700. The molecule has 0 spiro atoms. The molecule has 26 heavy (non-hydrogen) atoms. The number of carboxylic acid groups (broad SMARTS) is 1. The Morgan fingerprint density at radius 1 is 1.04 bits per heavy atom. The van der Waals surface area contributed by atoms with Crippen molar-refractivity contribution in [3.05, 3.63) is 42.2 Å². The van der Waals surface area contributed by atoms with Gasteiger partial charge in [-0.15, -0.1) is 0 Å². The lowest BCUT2D eigenvalue weighted by molar-refractivity contribution is -0.143. The topological polar surface area (TPSA) is 88.0 Å². The number of fused-ring (bicyclic) bond motifs is 1. The van der Waals surface area contributed by atoms with Gasteiger partial charge in [0.25, 0.3) is 0 Å². The van der Waals surface area contributed by atoms with Gasteiger partial charge in [-0.1, -0.05) is 6.07 Å². The molecule has 2 aromatic rings. The Bertz CT molecular complexity index is 778. The molecule has 2 aliphatic heterocycles. The van der Waals surface area contributed by atoms with E-state index in [1.54, 1.807) is 36.7 Å². The zero-order valence-electron chi connectivity index (χ0n) is 14.2. The molecule has 2 aliphatic rings. The molecule has 3 heterocycles. The predicted octanol–water partition coefficient (Wildman–Crippen LogP) is 1.20. The number of nitrogens with zero attached hydrogens (tertiary/aromatic N) is 4. The van der Waals surface area contributed by atoms with E-state index in [0.29, 0.717) is 62.4 Å². The average molecular weight is 356 g/mol. The number of piperazine rings is 1. The zero-order chi connectivity index (χ0) is 17.9. The van der Waals surface area contributed by atoms with E-state index in [1.165, 1.54) is 0 Å². The van der Waals surface area contributed by atoms with E-state index < -0.39 is 12.0 Å². The van der Waals surface area contributed by atoms with Crippen LogP contribution in [0, 0.1) is 0 Å². The van der Waals surface area contributed by atoms with Gasteiger partial charge in [0.2, 0.25) is 5.95 Å². The maximum atomic E-state index is 12.0. The Hall–Kier alpha value is -2.87. The van der Waals surface area contributed by atoms with Crippen molar-refractivity contribution in [2.45, 2.75) is 6.04 Å². The van der Waals surface area contributed by atoms with Crippen LogP contribution in [0.4, 0.5) is 5.95 Å². The molecule has 0 aliphatic carbocycles. The SMILES string of the molecule is O=C(O)[C@H](c1ccc2c(c1)OCCO2)N1CCN(c2ncccn2)CC1. The van der Waals surface area contributed by atoms with Gasteiger partial charge in [-0.05, 0) is 23.8 Å². The fraction of sp³-hybridized carbons (Fsp3) is 0.389. The van der Waals surface area contributed by atoms with Gasteiger partial charge in [0.15, 0.2) is 11.5 Å². The van der Waals surface area contributed by atoms with Gasteiger partial charge >= 0.3 is 5.97 Å². The van der Waals surface area contributed by atoms with E-state index in [-0.39, 0.29) is 0 Å². The predicted molar refractivity (Wildman–Crippen MR) is 93.6 cm³/mol. The van der Waals surface area contributed by atoms with Crippen molar-refractivity contribution >= 4 is 11.9 Å². The van der Waals surface area contributed by atoms with Crippen LogP contribution in [-0.2, 0) is 4.79 Å². The van der Waals surface area contributed by atoms with E-state index in [2.05, 4.69) is 14.9 Å². The Morgan fingerprint density at radius 3 is 2.42 bits per heavy atom. The first-order valence-electron chi connectivity index (χ1n) is 8.61. The molecule has 1 N–H and O–H groups in total. The van der Waals surface area contributed by atoms with E-state index in [4.69, 9.17) is 9.47 Å². The number of aliphatic carboxylic acids is 1. The van der Waals surface area contributed by atoms with E-state index in [1.807, 2.05) is 4.90 Å². The Balaban J connectivity index is 1.50. The molecule has 1 aromatic heterocycles. The number of benzene rings is 1. The third-order valence-electron chi connectivity index (χ3n) is 4.63. The number of ether oxygens (including phenoxy) is 2. The first-order valence-corrected chi connectivity index (χ1v) is 8.61. The number of carbonyl (C=O) groups is 1. The molecule has 0 saturated carbocycles. The lowest BCUT2D eigenvalue weighted by Gasteiger charge is -2.37. The van der Waals surface area contributed by atoms with Crippen LogP contribution in [0.15, 0.2) is 36.7 Å². The summed E-state index contributed by atoms with van der Waals surface area (Å²) in [6.07, 6.45) is 3.42. The third-order valence-corrected chi connectivity index (χ3v) is 4.63. The van der Waals surface area contributed by atoms with Crippen molar-refractivity contribution in [1.82, 2.24) is 14.9 Å². The molecular formula is C18H20N4O4. The van der Waals surface area contributed by atoms with Gasteiger partial charge in [0.1, 0.15) is 19.3 Å². The minimum Gasteiger partial charge on any atom is -0.486 e. The second-order valence-electron chi connectivity index (χ2n) is 6.22. The lowest BCUT2D eigenvalue weighted by atomic mass is 10.0. The van der Waals surface area contributed by atoms with Crippen LogP contribution in [0.25, 0.3) is 0 Å². The van der Waals surface area contributed by atoms with E-state index in [9.17, 15) is 9.90 Å². The van der Waals surface area contributed by atoms with Crippen LogP contribution < -0.4 is 14.4 Å². The molecule has 1 fully saturated rings. The molecule has 1 saturated heterocycles. The van der Waals surface area contributed by atoms with Crippen molar-refractivity contribution in [2.75, 3.05) is 44.3 Å². The molecule has 0 amide bonds. The summed E-state index contributed by atoms with van der Waals surface area (Å²) in [6.45, 7) is 3.58. The van der Waals surface area contributed by atoms with Crippen molar-refractivity contribution in [3.63, 3.8) is 0 Å². The van der Waals surface area contributed by atoms with Crippen molar-refractivity contribution < 1.29 is 19.4 Å². The highest BCUT2D eigenvalue weighted by Crippen LogP contribution is 2.34. The van der Waals surface area contributed by atoms with Crippen LogP contribution >= 0.6 is 0 Å². The summed E-state index contributed by atoms with van der Waals surface area (Å²) >= 11 is 0. The minimum absolute atomic E-state index is 0.476. The second-order valence-corrected chi connectivity index (χ2v) is 6.22. The van der Waals surface area contributed by atoms with Crippen LogP contribution in [0.1, 0.15) is 11.6 Å². The Kier molecular flexibility index (Phi) is 4.57. The highest BCUT2D eigenvalue weighted by molar-refractivity contribution is 5.76. The summed E-state index contributed by atoms with van der Waals surface area (Å²) in [5, 5.41) is 9.81. The number of anilines is 1. The van der Waals surface area contributed by atoms with Crippen LogP contribution in [-0.4, -0.2) is 65.3 Å². The highest BCUT2D eigenvalue weighted by atomic mass is 16.6. The monoisotopic (exact) mass is 356 g/mol. The quantitative estimate of drug-likeness (QED) is 0.874. The van der Waals surface area contributed by atoms with E-state index in [0.717, 1.165) is 0 Å². The van der Waals surface area contributed by atoms with E-state index >= 15 is 0 Å². The van der Waals surface area contributed by atoms with Gasteiger partial charge in [-0.2, -0.15) is 0 Å². The first-order chi connectivity index (χ1) is 12.7. The van der Waals surface area contributed by atoms with Crippen molar-refractivity contribution in [3.8, 4) is 11.5 Å². The molecule has 136 valence electrons. The summed E-state index contributed by atoms with van der Waals surface area (Å²) in [6, 6.07) is 6.43. The summed E-state index contributed by atoms with van der Waals surface area (Å²) in [7, 11) is 0. The lowest BCUT2D eigenvalue weighted by Crippen LogP contribution is -2.49. The standard InChI is InChI=1S/C18H20N4O4/c23-17(24)16(13-2-3-14-15(12-13)26-11-10-25-14)21-6-8-22(9-7-21)18-19-4-1-5-20-18/h1-5,12,16H,6-11H2,(H,23,24)/t16-/m0/s1. The number of rotatable bonds is 4. The maximum Gasteiger partial charge on any atom is 0.325 e. The van der Waals surface area contributed by atoms with Gasteiger partial charge in [-0.25, -0.2) is 9.97 Å². The van der Waals surface area contributed by atoms with Gasteiger partial charge < -0.3 is 19.5 Å². The maximum absolute atomic E-state index is 12.0. The molecule has 4 rings (SSSR count). The molecule has 8 nitrogen and oxygen atoms in total. The first kappa shape index (κ1) is 16.6. The summed E-state index contributed by atoms with van der Waals surface area (Å²) in [4.78, 5) is 24.5. The number of hydrogen-bond acceptors (Lipinski definition) is 7. The molecule has 8 heteroatoms. The largest absolute Gasteiger partial charge is 0.486 e. The number of aromatic nitrogens is 2. The molecule has 0 radical (unpaired) electrons. The van der Waals surface area contributed by atoms with Gasteiger partial charge in [0.05, 0.1) is 0 Å². The second kappa shape index (κ2) is 7.17. The summed E-state index contributed by atoms with van der Waals surface area (Å²) in [5.74, 6) is 1.08.